The van der Waals surface area contributed by atoms with E-state index in [9.17, 15) is 24.6 Å². The summed E-state index contributed by atoms with van der Waals surface area (Å²) >= 11 is 0. The van der Waals surface area contributed by atoms with Crippen molar-refractivity contribution in [2.45, 2.75) is 70.2 Å². The van der Waals surface area contributed by atoms with Crippen LogP contribution in [0.3, 0.4) is 0 Å². The quantitative estimate of drug-likeness (QED) is 0.580. The summed E-state index contributed by atoms with van der Waals surface area (Å²) in [4.78, 5) is 38.0. The van der Waals surface area contributed by atoms with Crippen LogP contribution in [0.15, 0.2) is 46.4 Å². The van der Waals surface area contributed by atoms with Gasteiger partial charge in [-0.15, -0.1) is 0 Å². The Labute approximate surface area is 207 Å². The summed E-state index contributed by atoms with van der Waals surface area (Å²) in [6.45, 7) is 4.75. The first-order valence-corrected chi connectivity index (χ1v) is 12.3. The summed E-state index contributed by atoms with van der Waals surface area (Å²) in [7, 11) is 0. The summed E-state index contributed by atoms with van der Waals surface area (Å²) in [5.41, 5.74) is -7.39. The number of allylic oxidation sites excluding steroid dienone is 4. The van der Waals surface area contributed by atoms with Crippen LogP contribution in [-0.2, 0) is 14.3 Å². The maximum atomic E-state index is 17.3. The Hall–Kier alpha value is -2.81. The maximum Gasteiger partial charge on any atom is 0.375 e. The van der Waals surface area contributed by atoms with Gasteiger partial charge >= 0.3 is 11.9 Å². The van der Waals surface area contributed by atoms with Crippen LogP contribution in [0.5, 0.6) is 0 Å². The zero-order valence-electron chi connectivity index (χ0n) is 20.4. The number of fused-ring (bicyclic) bond motifs is 5. The number of aliphatic carboxylic acids is 1. The first kappa shape index (κ1) is 24.9. The largest absolute Gasteiger partial charge is 0.478 e. The van der Waals surface area contributed by atoms with Gasteiger partial charge < -0.3 is 19.4 Å². The lowest BCUT2D eigenvalue weighted by molar-refractivity contribution is -0.263. The zero-order valence-corrected chi connectivity index (χ0v) is 20.4. The smallest absolute Gasteiger partial charge is 0.375 e. The van der Waals surface area contributed by atoms with Gasteiger partial charge in [-0.25, -0.2) is 18.4 Å². The third-order valence-corrected chi connectivity index (χ3v) is 9.80. The molecule has 0 saturated heterocycles. The molecule has 2 unspecified atom stereocenters. The Bertz CT molecular complexity index is 1190. The van der Waals surface area contributed by atoms with Crippen molar-refractivity contribution in [2.24, 2.45) is 28.6 Å². The van der Waals surface area contributed by atoms with Crippen LogP contribution >= 0.6 is 0 Å². The fourth-order valence-corrected chi connectivity index (χ4v) is 7.99. The summed E-state index contributed by atoms with van der Waals surface area (Å²) < 4.78 is 43.8. The molecule has 0 amide bonds. The second-order valence-electron chi connectivity index (χ2n) is 11.3. The molecule has 0 aromatic carbocycles. The number of rotatable bonds is 3. The van der Waals surface area contributed by atoms with Gasteiger partial charge in [0.1, 0.15) is 5.83 Å². The number of ether oxygens (including phenoxy) is 1. The van der Waals surface area contributed by atoms with Gasteiger partial charge in [-0.3, -0.25) is 4.79 Å². The van der Waals surface area contributed by atoms with E-state index >= 15 is 8.78 Å². The number of hydrogen-bond acceptors (Lipinski definition) is 6. The Balaban J connectivity index is 1.65. The van der Waals surface area contributed by atoms with E-state index in [2.05, 4.69) is 0 Å². The van der Waals surface area contributed by atoms with Gasteiger partial charge in [-0.05, 0) is 55.9 Å². The Morgan fingerprint density at radius 1 is 1.22 bits per heavy atom. The summed E-state index contributed by atoms with van der Waals surface area (Å²) in [6.07, 6.45) is 1.87. The van der Waals surface area contributed by atoms with E-state index in [1.807, 2.05) is 0 Å². The highest BCUT2D eigenvalue weighted by atomic mass is 19.1. The molecule has 2 fully saturated rings. The zero-order chi connectivity index (χ0) is 26.3. The Morgan fingerprint density at radius 3 is 2.58 bits per heavy atom. The van der Waals surface area contributed by atoms with Gasteiger partial charge in [0, 0.05) is 35.5 Å². The molecule has 0 spiro atoms. The average molecular weight is 505 g/mol. The number of alkyl halides is 1. The number of esters is 1. The Kier molecular flexibility index (Phi) is 5.42. The van der Waals surface area contributed by atoms with Crippen LogP contribution in [-0.4, -0.2) is 45.3 Å². The first-order chi connectivity index (χ1) is 16.8. The molecular formula is C27H30F2O7. The van der Waals surface area contributed by atoms with Crippen LogP contribution in [0.4, 0.5) is 8.78 Å². The average Bonchev–Trinajstić information content (AvgIpc) is 3.35. The minimum atomic E-state index is -2.34. The van der Waals surface area contributed by atoms with Crippen molar-refractivity contribution in [2.75, 3.05) is 0 Å². The number of aliphatic hydroxyl groups is 1. The van der Waals surface area contributed by atoms with Crippen LogP contribution in [0.25, 0.3) is 0 Å². The normalized spacial score (nSPS) is 43.9. The summed E-state index contributed by atoms with van der Waals surface area (Å²) in [5.74, 6) is -5.97. The molecule has 2 N–H and O–H groups in total. The van der Waals surface area contributed by atoms with E-state index in [1.54, 1.807) is 13.8 Å². The molecular weight excluding hydrogens is 474 g/mol. The molecule has 8 atom stereocenters. The van der Waals surface area contributed by atoms with Gasteiger partial charge in [0.15, 0.2) is 11.5 Å². The molecule has 1 heterocycles. The Morgan fingerprint density at radius 2 is 1.94 bits per heavy atom. The number of ketones is 1. The van der Waals surface area contributed by atoms with E-state index < -0.39 is 63.7 Å². The second kappa shape index (κ2) is 7.84. The third kappa shape index (κ3) is 2.89. The molecule has 2 saturated carbocycles. The maximum absolute atomic E-state index is 17.3. The predicted molar refractivity (Wildman–Crippen MR) is 122 cm³/mol. The van der Waals surface area contributed by atoms with Crippen molar-refractivity contribution in [3.05, 3.63) is 47.7 Å². The standard InChI is InChI=1S/C27H30F2O7/c1-14-6-7-16-17-12-19(28)18-11-15(30)8-9-24(18,2)26(17,29)21(31)13-25(16,3)27(14,23(33)34)36-22(32)20-5-4-10-35-20/h4-5,8-10,14,16-17,21,31H,6-7,11-13H2,1-3H3,(H,33,34)/t14-,16?,17?,21+,24+,25+,26+,27+/m1/s1. The third-order valence-electron chi connectivity index (χ3n) is 9.80. The van der Waals surface area contributed by atoms with Crippen LogP contribution in [0, 0.1) is 28.6 Å². The molecule has 1 aromatic rings. The predicted octanol–water partition coefficient (Wildman–Crippen LogP) is 4.56. The highest BCUT2D eigenvalue weighted by molar-refractivity contribution is 5.94. The van der Waals surface area contributed by atoms with Gasteiger partial charge in [0.2, 0.25) is 11.4 Å². The monoisotopic (exact) mass is 504 g/mol. The van der Waals surface area contributed by atoms with Crippen LogP contribution < -0.4 is 0 Å². The fourth-order valence-electron chi connectivity index (χ4n) is 7.99. The minimum Gasteiger partial charge on any atom is -0.478 e. The number of furan rings is 1. The first-order valence-electron chi connectivity index (χ1n) is 12.3. The molecule has 36 heavy (non-hydrogen) atoms. The molecule has 0 bridgehead atoms. The topological polar surface area (TPSA) is 114 Å². The summed E-state index contributed by atoms with van der Waals surface area (Å²) in [5, 5.41) is 22.0. The molecule has 4 aliphatic carbocycles. The van der Waals surface area contributed by atoms with Crippen molar-refractivity contribution in [1.29, 1.82) is 0 Å². The van der Waals surface area contributed by atoms with Crippen molar-refractivity contribution in [3.8, 4) is 0 Å². The SMILES string of the molecule is C[C@@H]1CCC2C3CC(F)=C4CC(=O)C=C[C@]4(C)[C@@]3(F)[C@@H](O)C[C@]2(C)[C@@]1(OC(=O)c1ccco1)C(=O)O. The number of aliphatic hydroxyl groups excluding tert-OH is 1. The number of carboxylic acids is 1. The van der Waals surface area contributed by atoms with Crippen LogP contribution in [0.2, 0.25) is 0 Å². The molecule has 0 aliphatic heterocycles. The molecule has 1 aromatic heterocycles. The van der Waals surface area contributed by atoms with E-state index in [0.717, 1.165) is 0 Å². The van der Waals surface area contributed by atoms with Crippen molar-refractivity contribution in [3.63, 3.8) is 0 Å². The molecule has 4 aliphatic rings. The van der Waals surface area contributed by atoms with Crippen molar-refractivity contribution >= 4 is 17.7 Å². The fraction of sp³-hybridized carbons (Fsp3) is 0.593. The van der Waals surface area contributed by atoms with Gasteiger partial charge in [-0.2, -0.15) is 0 Å². The van der Waals surface area contributed by atoms with E-state index in [0.29, 0.717) is 12.8 Å². The summed E-state index contributed by atoms with van der Waals surface area (Å²) in [6, 6.07) is 2.83. The van der Waals surface area contributed by atoms with E-state index in [-0.39, 0.29) is 36.4 Å². The molecule has 0 radical (unpaired) electrons. The van der Waals surface area contributed by atoms with Gasteiger partial charge in [0.25, 0.3) is 0 Å². The van der Waals surface area contributed by atoms with E-state index in [1.165, 1.54) is 37.5 Å². The minimum absolute atomic E-state index is 0.0364. The lowest BCUT2D eigenvalue weighted by atomic mass is 9.40. The highest BCUT2D eigenvalue weighted by Gasteiger charge is 2.76. The number of carbonyl (C=O) groups excluding carboxylic acids is 2. The van der Waals surface area contributed by atoms with Crippen LogP contribution in [0.1, 0.15) is 63.4 Å². The molecule has 194 valence electrons. The lowest BCUT2D eigenvalue weighted by Crippen LogP contribution is -2.74. The van der Waals surface area contributed by atoms with Gasteiger partial charge in [-0.1, -0.05) is 19.9 Å². The molecule has 7 nitrogen and oxygen atoms in total. The molecule has 9 heteroatoms. The molecule has 5 rings (SSSR count). The number of carbonyl (C=O) groups is 3. The second-order valence-corrected chi connectivity index (χ2v) is 11.3. The van der Waals surface area contributed by atoms with Gasteiger partial charge in [0.05, 0.1) is 12.4 Å². The number of halogens is 2. The van der Waals surface area contributed by atoms with Crippen molar-refractivity contribution in [1.82, 2.24) is 0 Å². The van der Waals surface area contributed by atoms with E-state index in [4.69, 9.17) is 9.15 Å². The lowest BCUT2D eigenvalue weighted by Gasteiger charge is -2.66. The number of carboxylic acid groups (broad SMARTS) is 1. The van der Waals surface area contributed by atoms with Crippen molar-refractivity contribution < 1.29 is 42.5 Å². The number of hydrogen-bond donors (Lipinski definition) is 2. The highest BCUT2D eigenvalue weighted by Crippen LogP contribution is 2.70.